The van der Waals surface area contributed by atoms with Crippen LogP contribution < -0.4 is 10.6 Å². The number of rotatable bonds is 6. The summed E-state index contributed by atoms with van der Waals surface area (Å²) in [6.45, 7) is 3.38. The highest BCUT2D eigenvalue weighted by atomic mass is 15.3. The van der Waals surface area contributed by atoms with Crippen molar-refractivity contribution in [3.8, 4) is 0 Å². The molecule has 23 heavy (non-hydrogen) atoms. The molecule has 2 heterocycles. The number of hydrogen-bond donors (Lipinski definition) is 2. The first-order chi connectivity index (χ1) is 11.3. The highest BCUT2D eigenvalue weighted by Gasteiger charge is 2.01. The first-order valence-corrected chi connectivity index (χ1v) is 7.41. The Balaban J connectivity index is 1.57. The van der Waals surface area contributed by atoms with Crippen LogP contribution >= 0.6 is 0 Å². The van der Waals surface area contributed by atoms with E-state index in [1.54, 1.807) is 18.6 Å². The second-order valence-electron chi connectivity index (χ2n) is 5.22. The Morgan fingerprint density at radius 2 is 1.74 bits per heavy atom. The molecule has 3 aromatic rings. The van der Waals surface area contributed by atoms with E-state index < -0.39 is 0 Å². The standard InChI is InChI=1S/C17H18N6/c1-13-4-6-14(7-5-13)10-19-16-12-21-23-17(22-16)20-11-15-3-2-8-18-9-15/h2-9,12H,10-11H2,1H3,(H2,19,20,22,23). The fraction of sp³-hybridized carbons (Fsp3) is 0.176. The SMILES string of the molecule is Cc1ccc(CNc2cnnc(NCc3cccnc3)n2)cc1. The van der Waals surface area contributed by atoms with E-state index in [-0.39, 0.29) is 0 Å². The van der Waals surface area contributed by atoms with E-state index in [1.165, 1.54) is 11.1 Å². The van der Waals surface area contributed by atoms with E-state index in [4.69, 9.17) is 0 Å². The molecule has 0 spiro atoms. The summed E-state index contributed by atoms with van der Waals surface area (Å²) in [5, 5.41) is 14.4. The molecule has 0 radical (unpaired) electrons. The summed E-state index contributed by atoms with van der Waals surface area (Å²) in [6.07, 6.45) is 5.17. The van der Waals surface area contributed by atoms with Gasteiger partial charge in [-0.3, -0.25) is 4.98 Å². The van der Waals surface area contributed by atoms with E-state index in [9.17, 15) is 0 Å². The van der Waals surface area contributed by atoms with Crippen molar-refractivity contribution >= 4 is 11.8 Å². The van der Waals surface area contributed by atoms with Gasteiger partial charge in [0.15, 0.2) is 5.82 Å². The number of nitrogens with zero attached hydrogens (tertiary/aromatic N) is 4. The topological polar surface area (TPSA) is 75.6 Å². The third-order valence-electron chi connectivity index (χ3n) is 3.33. The minimum absolute atomic E-state index is 0.489. The first-order valence-electron chi connectivity index (χ1n) is 7.41. The van der Waals surface area contributed by atoms with E-state index >= 15 is 0 Å². The largest absolute Gasteiger partial charge is 0.365 e. The Morgan fingerprint density at radius 1 is 0.913 bits per heavy atom. The lowest BCUT2D eigenvalue weighted by atomic mass is 10.1. The van der Waals surface area contributed by atoms with E-state index in [1.807, 2.05) is 12.1 Å². The maximum Gasteiger partial charge on any atom is 0.244 e. The average Bonchev–Trinajstić information content (AvgIpc) is 2.61. The normalized spacial score (nSPS) is 10.3. The second kappa shape index (κ2) is 7.31. The Labute approximate surface area is 135 Å². The molecule has 2 aromatic heterocycles. The lowest BCUT2D eigenvalue weighted by Gasteiger charge is -2.08. The summed E-state index contributed by atoms with van der Waals surface area (Å²) < 4.78 is 0. The fourth-order valence-corrected chi connectivity index (χ4v) is 2.05. The molecule has 6 nitrogen and oxygen atoms in total. The summed E-state index contributed by atoms with van der Waals surface area (Å²) in [5.74, 6) is 1.18. The molecule has 0 amide bonds. The van der Waals surface area contributed by atoms with E-state index in [0.717, 1.165) is 5.56 Å². The summed E-state index contributed by atoms with van der Waals surface area (Å²) in [6, 6.07) is 12.3. The molecule has 0 unspecified atom stereocenters. The van der Waals surface area contributed by atoms with Gasteiger partial charge in [0.1, 0.15) is 0 Å². The van der Waals surface area contributed by atoms with Crippen molar-refractivity contribution in [2.75, 3.05) is 10.6 Å². The van der Waals surface area contributed by atoms with Crippen molar-refractivity contribution in [2.24, 2.45) is 0 Å². The average molecular weight is 306 g/mol. The lowest BCUT2D eigenvalue weighted by Crippen LogP contribution is -2.08. The monoisotopic (exact) mass is 306 g/mol. The predicted molar refractivity (Wildman–Crippen MR) is 89.9 cm³/mol. The molecular formula is C17H18N6. The number of anilines is 2. The molecule has 0 aliphatic rings. The van der Waals surface area contributed by atoms with Gasteiger partial charge in [0.25, 0.3) is 0 Å². The van der Waals surface area contributed by atoms with Crippen LogP contribution in [0.5, 0.6) is 0 Å². The van der Waals surface area contributed by atoms with Gasteiger partial charge in [-0.2, -0.15) is 10.1 Å². The highest BCUT2D eigenvalue weighted by Crippen LogP contribution is 2.09. The number of hydrogen-bond acceptors (Lipinski definition) is 6. The molecule has 0 bridgehead atoms. The zero-order valence-electron chi connectivity index (χ0n) is 12.9. The van der Waals surface area contributed by atoms with Gasteiger partial charge >= 0.3 is 0 Å². The molecule has 0 aliphatic carbocycles. The molecule has 3 rings (SSSR count). The lowest BCUT2D eigenvalue weighted by molar-refractivity contribution is 0.935. The van der Waals surface area contributed by atoms with Crippen LogP contribution in [-0.4, -0.2) is 20.2 Å². The molecule has 116 valence electrons. The second-order valence-corrected chi connectivity index (χ2v) is 5.22. The third kappa shape index (κ3) is 4.47. The first kappa shape index (κ1) is 14.9. The van der Waals surface area contributed by atoms with Gasteiger partial charge in [0.2, 0.25) is 5.95 Å². The van der Waals surface area contributed by atoms with Crippen molar-refractivity contribution in [1.29, 1.82) is 0 Å². The molecular weight excluding hydrogens is 288 g/mol. The molecule has 6 heteroatoms. The predicted octanol–water partition coefficient (Wildman–Crippen LogP) is 2.80. The molecule has 0 saturated heterocycles. The summed E-state index contributed by atoms with van der Waals surface area (Å²) >= 11 is 0. The summed E-state index contributed by atoms with van der Waals surface area (Å²) in [7, 11) is 0. The highest BCUT2D eigenvalue weighted by molar-refractivity contribution is 5.38. The number of aromatic nitrogens is 4. The molecule has 0 fully saturated rings. The van der Waals surface area contributed by atoms with Gasteiger partial charge < -0.3 is 10.6 Å². The maximum absolute atomic E-state index is 4.40. The number of benzene rings is 1. The van der Waals surface area contributed by atoms with Crippen molar-refractivity contribution in [3.63, 3.8) is 0 Å². The van der Waals surface area contributed by atoms with Crippen molar-refractivity contribution in [2.45, 2.75) is 20.0 Å². The van der Waals surface area contributed by atoms with Crippen molar-refractivity contribution in [1.82, 2.24) is 20.2 Å². The van der Waals surface area contributed by atoms with Crippen LogP contribution in [0.4, 0.5) is 11.8 Å². The molecule has 1 aromatic carbocycles. The zero-order chi connectivity index (χ0) is 15.9. The van der Waals surface area contributed by atoms with Gasteiger partial charge in [-0.05, 0) is 24.1 Å². The zero-order valence-corrected chi connectivity index (χ0v) is 12.9. The smallest absolute Gasteiger partial charge is 0.244 e. The molecule has 0 aliphatic heterocycles. The van der Waals surface area contributed by atoms with Crippen molar-refractivity contribution in [3.05, 3.63) is 71.7 Å². The van der Waals surface area contributed by atoms with Gasteiger partial charge in [-0.15, -0.1) is 5.10 Å². The van der Waals surface area contributed by atoms with Gasteiger partial charge in [0, 0.05) is 25.5 Å². The van der Waals surface area contributed by atoms with Crippen LogP contribution in [0.3, 0.4) is 0 Å². The molecule has 0 atom stereocenters. The Hall–Kier alpha value is -3.02. The van der Waals surface area contributed by atoms with Gasteiger partial charge in [0.05, 0.1) is 6.20 Å². The fourth-order valence-electron chi connectivity index (χ4n) is 2.05. The van der Waals surface area contributed by atoms with Crippen LogP contribution in [0.15, 0.2) is 55.0 Å². The van der Waals surface area contributed by atoms with Crippen LogP contribution in [-0.2, 0) is 13.1 Å². The van der Waals surface area contributed by atoms with Crippen molar-refractivity contribution < 1.29 is 0 Å². The number of aryl methyl sites for hydroxylation is 1. The molecule has 0 saturated carbocycles. The van der Waals surface area contributed by atoms with Crippen LogP contribution in [0.1, 0.15) is 16.7 Å². The quantitative estimate of drug-likeness (QED) is 0.729. The third-order valence-corrected chi connectivity index (χ3v) is 3.33. The Morgan fingerprint density at radius 3 is 2.52 bits per heavy atom. The van der Waals surface area contributed by atoms with Gasteiger partial charge in [-0.1, -0.05) is 35.9 Å². The van der Waals surface area contributed by atoms with E-state index in [2.05, 4.69) is 62.0 Å². The van der Waals surface area contributed by atoms with E-state index in [0.29, 0.717) is 24.9 Å². The minimum atomic E-state index is 0.489. The summed E-state index contributed by atoms with van der Waals surface area (Å²) in [5.41, 5.74) is 3.51. The molecule has 2 N–H and O–H groups in total. The van der Waals surface area contributed by atoms with Crippen LogP contribution in [0.2, 0.25) is 0 Å². The number of nitrogens with one attached hydrogen (secondary N) is 2. The Kier molecular flexibility index (Phi) is 4.73. The number of pyridine rings is 1. The van der Waals surface area contributed by atoms with Crippen LogP contribution in [0, 0.1) is 6.92 Å². The Bertz CT molecular complexity index is 743. The van der Waals surface area contributed by atoms with Crippen LogP contribution in [0.25, 0.3) is 0 Å². The summed E-state index contributed by atoms with van der Waals surface area (Å²) in [4.78, 5) is 8.48. The maximum atomic E-state index is 4.40. The van der Waals surface area contributed by atoms with Gasteiger partial charge in [-0.25, -0.2) is 0 Å². The minimum Gasteiger partial charge on any atom is -0.365 e.